The molecule has 4 heteroatoms. The lowest BCUT2D eigenvalue weighted by Crippen LogP contribution is -2.33. The number of nitrogens with zero attached hydrogens (tertiary/aromatic N) is 1. The fourth-order valence-electron chi connectivity index (χ4n) is 2.65. The van der Waals surface area contributed by atoms with Crippen LogP contribution in [0.4, 0.5) is 0 Å². The summed E-state index contributed by atoms with van der Waals surface area (Å²) in [7, 11) is 0. The zero-order chi connectivity index (χ0) is 13.9. The molecule has 0 saturated carbocycles. The highest BCUT2D eigenvalue weighted by atomic mass is 16.5. The molecule has 0 unspecified atom stereocenters. The van der Waals surface area contributed by atoms with Crippen molar-refractivity contribution in [3.8, 4) is 0 Å². The Hall–Kier alpha value is -2.10. The maximum atomic E-state index is 12.1. The first-order chi connectivity index (χ1) is 9.77. The molecule has 0 saturated heterocycles. The molecule has 20 heavy (non-hydrogen) atoms. The molecule has 0 atom stereocenters. The zero-order valence-electron chi connectivity index (χ0n) is 11.3. The summed E-state index contributed by atoms with van der Waals surface area (Å²) in [6.07, 6.45) is 6.49. The van der Waals surface area contributed by atoms with Crippen LogP contribution in [0.3, 0.4) is 0 Å². The van der Waals surface area contributed by atoms with Gasteiger partial charge in [0.05, 0.1) is 23.4 Å². The highest BCUT2D eigenvalue weighted by molar-refractivity contribution is 6.21. The van der Waals surface area contributed by atoms with Crippen LogP contribution in [0.1, 0.15) is 46.4 Å². The average Bonchev–Trinajstić information content (AvgIpc) is 2.74. The van der Waals surface area contributed by atoms with E-state index in [2.05, 4.69) is 6.08 Å². The van der Waals surface area contributed by atoms with Gasteiger partial charge in [0.2, 0.25) is 0 Å². The largest absolute Gasteiger partial charge is 0.496 e. The van der Waals surface area contributed by atoms with Crippen molar-refractivity contribution in [3.05, 3.63) is 47.2 Å². The Morgan fingerprint density at radius 2 is 1.75 bits per heavy atom. The molecule has 1 aromatic carbocycles. The Balaban J connectivity index is 1.61. The minimum atomic E-state index is -0.216. The maximum Gasteiger partial charge on any atom is 0.261 e. The van der Waals surface area contributed by atoms with Crippen LogP contribution in [0.2, 0.25) is 0 Å². The van der Waals surface area contributed by atoms with Gasteiger partial charge in [-0.05, 0) is 37.5 Å². The molecule has 0 aromatic heterocycles. The second-order valence-electron chi connectivity index (χ2n) is 5.07. The molecule has 4 nitrogen and oxygen atoms in total. The molecule has 1 aromatic rings. The van der Waals surface area contributed by atoms with Gasteiger partial charge >= 0.3 is 0 Å². The summed E-state index contributed by atoms with van der Waals surface area (Å²) in [4.78, 5) is 25.5. The number of amides is 2. The Bertz CT molecular complexity index is 542. The monoisotopic (exact) mass is 271 g/mol. The van der Waals surface area contributed by atoms with E-state index in [1.165, 1.54) is 11.3 Å². The second-order valence-corrected chi connectivity index (χ2v) is 5.07. The molecule has 0 radical (unpaired) electrons. The Morgan fingerprint density at radius 1 is 1.05 bits per heavy atom. The standard InChI is InChI=1S/C16H17NO3/c18-15-13-8-4-5-9-14(13)16(19)17(15)10-11-20-12-6-2-1-3-7-12/h4-6,8-9H,1-3,7,10-11H2. The number of ether oxygens (including phenoxy) is 1. The highest BCUT2D eigenvalue weighted by Crippen LogP contribution is 2.22. The van der Waals surface area contributed by atoms with Crippen LogP contribution >= 0.6 is 0 Å². The maximum absolute atomic E-state index is 12.1. The summed E-state index contributed by atoms with van der Waals surface area (Å²) < 4.78 is 5.66. The van der Waals surface area contributed by atoms with E-state index >= 15 is 0 Å². The van der Waals surface area contributed by atoms with Crippen LogP contribution in [0.25, 0.3) is 0 Å². The van der Waals surface area contributed by atoms with Crippen molar-refractivity contribution in [1.29, 1.82) is 0 Å². The molecular formula is C16H17NO3. The van der Waals surface area contributed by atoms with Crippen molar-refractivity contribution in [1.82, 2.24) is 4.90 Å². The van der Waals surface area contributed by atoms with Crippen molar-refractivity contribution >= 4 is 11.8 Å². The van der Waals surface area contributed by atoms with Crippen LogP contribution < -0.4 is 0 Å². The van der Waals surface area contributed by atoms with Gasteiger partial charge < -0.3 is 4.74 Å². The molecule has 2 amide bonds. The number of allylic oxidation sites excluding steroid dienone is 2. The molecule has 2 aliphatic rings. The Kier molecular flexibility index (Phi) is 3.54. The Labute approximate surface area is 118 Å². The van der Waals surface area contributed by atoms with E-state index in [-0.39, 0.29) is 11.8 Å². The highest BCUT2D eigenvalue weighted by Gasteiger charge is 2.34. The minimum absolute atomic E-state index is 0.216. The van der Waals surface area contributed by atoms with Crippen molar-refractivity contribution in [2.24, 2.45) is 0 Å². The van der Waals surface area contributed by atoms with E-state index < -0.39 is 0 Å². The van der Waals surface area contributed by atoms with Gasteiger partial charge in [-0.2, -0.15) is 0 Å². The van der Waals surface area contributed by atoms with Gasteiger partial charge in [0.1, 0.15) is 6.61 Å². The SMILES string of the molecule is O=C1c2ccccc2C(=O)N1CCOC1=CCCCC1. The van der Waals surface area contributed by atoms with Crippen molar-refractivity contribution in [2.45, 2.75) is 25.7 Å². The molecular weight excluding hydrogens is 254 g/mol. The molecule has 0 bridgehead atoms. The summed E-state index contributed by atoms with van der Waals surface area (Å²) in [5.41, 5.74) is 0.990. The minimum Gasteiger partial charge on any atom is -0.496 e. The number of benzene rings is 1. The Morgan fingerprint density at radius 3 is 2.35 bits per heavy atom. The van der Waals surface area contributed by atoms with Crippen molar-refractivity contribution < 1.29 is 14.3 Å². The number of fused-ring (bicyclic) bond motifs is 1. The number of rotatable bonds is 4. The number of hydrogen-bond acceptors (Lipinski definition) is 3. The fraction of sp³-hybridized carbons (Fsp3) is 0.375. The quantitative estimate of drug-likeness (QED) is 0.791. The lowest BCUT2D eigenvalue weighted by atomic mass is 10.1. The van der Waals surface area contributed by atoms with Gasteiger partial charge in [0.25, 0.3) is 11.8 Å². The first kappa shape index (κ1) is 12.9. The van der Waals surface area contributed by atoms with E-state index in [0.717, 1.165) is 25.0 Å². The van der Waals surface area contributed by atoms with Gasteiger partial charge in [-0.25, -0.2) is 0 Å². The topological polar surface area (TPSA) is 46.6 Å². The molecule has 3 rings (SSSR count). The zero-order valence-corrected chi connectivity index (χ0v) is 11.3. The number of carbonyl (C=O) groups excluding carboxylic acids is 2. The van der Waals surface area contributed by atoms with Crippen molar-refractivity contribution in [2.75, 3.05) is 13.2 Å². The summed E-state index contributed by atoms with van der Waals surface area (Å²) in [5, 5.41) is 0. The lowest BCUT2D eigenvalue weighted by Gasteiger charge is -2.17. The number of imide groups is 1. The van der Waals surface area contributed by atoms with Gasteiger partial charge in [-0.1, -0.05) is 12.1 Å². The third-order valence-corrected chi connectivity index (χ3v) is 3.73. The number of hydrogen-bond donors (Lipinski definition) is 0. The molecule has 104 valence electrons. The van der Waals surface area contributed by atoms with Crippen LogP contribution in [0, 0.1) is 0 Å². The van der Waals surface area contributed by atoms with Crippen LogP contribution in [-0.4, -0.2) is 29.9 Å². The molecule has 0 spiro atoms. The van der Waals surface area contributed by atoms with E-state index in [1.807, 2.05) is 0 Å². The summed E-state index contributed by atoms with van der Waals surface area (Å²) in [6.45, 7) is 0.682. The summed E-state index contributed by atoms with van der Waals surface area (Å²) >= 11 is 0. The fourth-order valence-corrected chi connectivity index (χ4v) is 2.65. The second kappa shape index (κ2) is 5.49. The first-order valence-electron chi connectivity index (χ1n) is 7.04. The molecule has 0 N–H and O–H groups in total. The van der Waals surface area contributed by atoms with Gasteiger partial charge in [0.15, 0.2) is 0 Å². The third-order valence-electron chi connectivity index (χ3n) is 3.73. The smallest absolute Gasteiger partial charge is 0.261 e. The molecule has 1 heterocycles. The average molecular weight is 271 g/mol. The normalized spacial score (nSPS) is 18.0. The van der Waals surface area contributed by atoms with E-state index in [1.54, 1.807) is 24.3 Å². The van der Waals surface area contributed by atoms with Crippen molar-refractivity contribution in [3.63, 3.8) is 0 Å². The van der Waals surface area contributed by atoms with Gasteiger partial charge in [0, 0.05) is 6.42 Å². The third kappa shape index (κ3) is 2.33. The van der Waals surface area contributed by atoms with E-state index in [0.29, 0.717) is 24.3 Å². The van der Waals surface area contributed by atoms with Gasteiger partial charge in [-0.3, -0.25) is 14.5 Å². The molecule has 0 fully saturated rings. The first-order valence-corrected chi connectivity index (χ1v) is 7.04. The molecule has 1 aliphatic heterocycles. The van der Waals surface area contributed by atoms with Crippen LogP contribution in [0.15, 0.2) is 36.1 Å². The van der Waals surface area contributed by atoms with E-state index in [4.69, 9.17) is 4.74 Å². The number of carbonyl (C=O) groups is 2. The summed E-state index contributed by atoms with van der Waals surface area (Å²) in [5.74, 6) is 0.562. The predicted molar refractivity (Wildman–Crippen MR) is 74.3 cm³/mol. The molecule has 1 aliphatic carbocycles. The van der Waals surface area contributed by atoms with E-state index in [9.17, 15) is 9.59 Å². The summed E-state index contributed by atoms with van der Waals surface area (Å²) in [6, 6.07) is 6.94. The lowest BCUT2D eigenvalue weighted by molar-refractivity contribution is 0.0604. The van der Waals surface area contributed by atoms with Gasteiger partial charge in [-0.15, -0.1) is 0 Å². The van der Waals surface area contributed by atoms with Crippen LogP contribution in [0.5, 0.6) is 0 Å². The van der Waals surface area contributed by atoms with Crippen LogP contribution in [-0.2, 0) is 4.74 Å². The predicted octanol–water partition coefficient (Wildman–Crippen LogP) is 2.76.